The van der Waals surface area contributed by atoms with Gasteiger partial charge in [-0.2, -0.15) is 0 Å². The van der Waals surface area contributed by atoms with Gasteiger partial charge in [0, 0.05) is 25.2 Å². The molecule has 1 N–H and O–H groups in total. The Labute approximate surface area is 142 Å². The minimum absolute atomic E-state index is 0.146. The van der Waals surface area contributed by atoms with Gasteiger partial charge >= 0.3 is 6.09 Å². The number of rotatable bonds is 5. The van der Waals surface area contributed by atoms with Crippen LogP contribution in [0.4, 0.5) is 4.79 Å². The minimum Gasteiger partial charge on any atom is -0.444 e. The molecule has 0 aromatic carbocycles. The molecule has 2 unspecified atom stereocenters. The van der Waals surface area contributed by atoms with Gasteiger partial charge < -0.3 is 15.0 Å². The van der Waals surface area contributed by atoms with E-state index in [-0.39, 0.29) is 6.09 Å². The van der Waals surface area contributed by atoms with E-state index in [1.165, 1.54) is 38.5 Å². The summed E-state index contributed by atoms with van der Waals surface area (Å²) in [5.74, 6) is 0.824. The molecule has 2 atom stereocenters. The number of hydrogen-bond donors (Lipinski definition) is 1. The van der Waals surface area contributed by atoms with Gasteiger partial charge in [0.1, 0.15) is 5.60 Å². The summed E-state index contributed by atoms with van der Waals surface area (Å²) in [5, 5.41) is 3.78. The molecule has 1 saturated heterocycles. The lowest BCUT2D eigenvalue weighted by molar-refractivity contribution is 0.0222. The van der Waals surface area contributed by atoms with E-state index in [4.69, 9.17) is 4.74 Å². The Morgan fingerprint density at radius 2 is 1.87 bits per heavy atom. The summed E-state index contributed by atoms with van der Waals surface area (Å²) < 4.78 is 5.56. The number of nitrogens with one attached hydrogen (secondary N) is 1. The van der Waals surface area contributed by atoms with Crippen LogP contribution in [0.3, 0.4) is 0 Å². The number of ether oxygens (including phenoxy) is 1. The molecule has 1 aliphatic carbocycles. The maximum absolute atomic E-state index is 12.4. The average molecular weight is 325 g/mol. The smallest absolute Gasteiger partial charge is 0.410 e. The number of nitrogens with zero attached hydrogens (tertiary/aromatic N) is 1. The van der Waals surface area contributed by atoms with Gasteiger partial charge in [-0.1, -0.05) is 26.2 Å². The van der Waals surface area contributed by atoms with Crippen molar-refractivity contribution in [1.29, 1.82) is 0 Å². The molecule has 4 heteroatoms. The van der Waals surface area contributed by atoms with E-state index in [9.17, 15) is 4.79 Å². The highest BCUT2D eigenvalue weighted by atomic mass is 16.6. The van der Waals surface area contributed by atoms with Crippen LogP contribution in [-0.4, -0.2) is 41.8 Å². The van der Waals surface area contributed by atoms with E-state index in [0.29, 0.717) is 12.1 Å². The summed E-state index contributed by atoms with van der Waals surface area (Å²) >= 11 is 0. The molecule has 1 saturated carbocycles. The van der Waals surface area contributed by atoms with Gasteiger partial charge in [0.25, 0.3) is 0 Å². The lowest BCUT2D eigenvalue weighted by Crippen LogP contribution is -2.47. The highest BCUT2D eigenvalue weighted by Gasteiger charge is 2.33. The van der Waals surface area contributed by atoms with E-state index >= 15 is 0 Å². The third-order valence-electron chi connectivity index (χ3n) is 5.28. The summed E-state index contributed by atoms with van der Waals surface area (Å²) in [7, 11) is 0. The number of amides is 1. The Hall–Kier alpha value is -0.770. The summed E-state index contributed by atoms with van der Waals surface area (Å²) in [6.45, 7) is 9.83. The molecular weight excluding hydrogens is 288 g/mol. The van der Waals surface area contributed by atoms with Crippen molar-refractivity contribution in [2.24, 2.45) is 5.92 Å². The van der Waals surface area contributed by atoms with Crippen LogP contribution in [-0.2, 0) is 4.74 Å². The fraction of sp³-hybridized carbons (Fsp3) is 0.947. The van der Waals surface area contributed by atoms with Gasteiger partial charge in [0.15, 0.2) is 0 Å². The summed E-state index contributed by atoms with van der Waals surface area (Å²) in [5.41, 5.74) is -0.411. The number of carbonyl (C=O) groups is 1. The normalized spacial score (nSPS) is 24.7. The molecule has 1 heterocycles. The van der Waals surface area contributed by atoms with E-state index in [0.717, 1.165) is 31.8 Å². The first-order chi connectivity index (χ1) is 10.9. The number of carbonyl (C=O) groups excluding carboxylic acids is 1. The van der Waals surface area contributed by atoms with E-state index in [2.05, 4.69) is 12.2 Å². The van der Waals surface area contributed by atoms with Crippen molar-refractivity contribution < 1.29 is 9.53 Å². The van der Waals surface area contributed by atoms with Crippen molar-refractivity contribution >= 4 is 6.09 Å². The summed E-state index contributed by atoms with van der Waals surface area (Å²) in [4.78, 5) is 14.3. The molecule has 0 bridgehead atoms. The molecule has 134 valence electrons. The van der Waals surface area contributed by atoms with Crippen molar-refractivity contribution in [3.05, 3.63) is 0 Å². The van der Waals surface area contributed by atoms with Gasteiger partial charge in [-0.05, 0) is 58.8 Å². The zero-order chi connectivity index (χ0) is 16.9. The predicted molar refractivity (Wildman–Crippen MR) is 94.6 cm³/mol. The van der Waals surface area contributed by atoms with Crippen LogP contribution in [0, 0.1) is 5.92 Å². The highest BCUT2D eigenvalue weighted by molar-refractivity contribution is 5.69. The molecule has 2 fully saturated rings. The van der Waals surface area contributed by atoms with Crippen molar-refractivity contribution in [2.75, 3.05) is 13.1 Å². The molecule has 2 rings (SSSR count). The molecule has 2 aliphatic rings. The molecule has 4 nitrogen and oxygen atoms in total. The lowest BCUT2D eigenvalue weighted by atomic mass is 9.83. The second kappa shape index (κ2) is 8.36. The van der Waals surface area contributed by atoms with E-state index in [1.54, 1.807) is 0 Å². The van der Waals surface area contributed by atoms with Crippen molar-refractivity contribution in [3.8, 4) is 0 Å². The van der Waals surface area contributed by atoms with Crippen LogP contribution < -0.4 is 5.32 Å². The zero-order valence-corrected chi connectivity index (χ0v) is 15.6. The third kappa shape index (κ3) is 5.66. The van der Waals surface area contributed by atoms with Gasteiger partial charge in [-0.25, -0.2) is 4.79 Å². The maximum Gasteiger partial charge on any atom is 0.410 e. The Balaban J connectivity index is 1.84. The van der Waals surface area contributed by atoms with Gasteiger partial charge in [0.05, 0.1) is 0 Å². The number of hydrogen-bond acceptors (Lipinski definition) is 3. The number of likely N-dealkylation sites (tertiary alicyclic amines) is 1. The molecule has 1 amide bonds. The fourth-order valence-electron chi connectivity index (χ4n) is 4.08. The molecule has 0 radical (unpaired) electrons. The second-order valence-corrected chi connectivity index (χ2v) is 8.29. The largest absolute Gasteiger partial charge is 0.444 e. The highest BCUT2D eigenvalue weighted by Crippen LogP contribution is 2.28. The van der Waals surface area contributed by atoms with Crippen LogP contribution in [0.25, 0.3) is 0 Å². The summed E-state index contributed by atoms with van der Waals surface area (Å²) in [6, 6.07) is 0.902. The third-order valence-corrected chi connectivity index (χ3v) is 5.28. The SMILES string of the molecule is CCC(NCC1CCCN1C(=O)OC(C)(C)C)C1CCCCC1. The van der Waals surface area contributed by atoms with Crippen LogP contribution in [0.1, 0.15) is 79.1 Å². The molecule has 1 aliphatic heterocycles. The molecular formula is C19H36N2O2. The molecule has 0 aromatic heterocycles. The fourth-order valence-corrected chi connectivity index (χ4v) is 4.08. The molecule has 0 aromatic rings. The maximum atomic E-state index is 12.4. The van der Waals surface area contributed by atoms with Gasteiger partial charge in [-0.15, -0.1) is 0 Å². The van der Waals surface area contributed by atoms with Gasteiger partial charge in [-0.3, -0.25) is 0 Å². The average Bonchev–Trinajstić information content (AvgIpc) is 2.96. The lowest BCUT2D eigenvalue weighted by Gasteiger charge is -2.33. The van der Waals surface area contributed by atoms with Crippen molar-refractivity contribution in [3.63, 3.8) is 0 Å². The Kier molecular flexibility index (Phi) is 6.75. The van der Waals surface area contributed by atoms with Crippen molar-refractivity contribution in [1.82, 2.24) is 10.2 Å². The van der Waals surface area contributed by atoms with Crippen LogP contribution in [0.2, 0.25) is 0 Å². The van der Waals surface area contributed by atoms with Crippen LogP contribution >= 0.6 is 0 Å². The van der Waals surface area contributed by atoms with E-state index in [1.807, 2.05) is 25.7 Å². The Bertz CT molecular complexity index is 372. The second-order valence-electron chi connectivity index (χ2n) is 8.29. The summed E-state index contributed by atoms with van der Waals surface area (Å²) in [6.07, 6.45) is 10.1. The zero-order valence-electron chi connectivity index (χ0n) is 15.6. The van der Waals surface area contributed by atoms with Gasteiger partial charge in [0.2, 0.25) is 0 Å². The first-order valence-electron chi connectivity index (χ1n) is 9.63. The van der Waals surface area contributed by atoms with Crippen LogP contribution in [0.5, 0.6) is 0 Å². The first-order valence-corrected chi connectivity index (χ1v) is 9.63. The minimum atomic E-state index is -0.411. The predicted octanol–water partition coefficient (Wildman–Crippen LogP) is 4.33. The first kappa shape index (κ1) is 18.6. The monoisotopic (exact) mass is 324 g/mol. The standard InChI is InChI=1S/C19H36N2O2/c1-5-17(15-10-7-6-8-11-15)20-14-16-12-9-13-21(16)18(22)23-19(2,3)4/h15-17,20H,5-14H2,1-4H3. The van der Waals surface area contributed by atoms with Crippen molar-refractivity contribution in [2.45, 2.75) is 96.7 Å². The van der Waals surface area contributed by atoms with Crippen LogP contribution in [0.15, 0.2) is 0 Å². The molecule has 0 spiro atoms. The Morgan fingerprint density at radius 1 is 1.17 bits per heavy atom. The Morgan fingerprint density at radius 3 is 2.48 bits per heavy atom. The van der Waals surface area contributed by atoms with E-state index < -0.39 is 5.60 Å². The quantitative estimate of drug-likeness (QED) is 0.818. The molecule has 23 heavy (non-hydrogen) atoms. The topological polar surface area (TPSA) is 41.6 Å².